The van der Waals surface area contributed by atoms with Crippen LogP contribution >= 0.6 is 0 Å². The van der Waals surface area contributed by atoms with Crippen LogP contribution in [0.4, 0.5) is 23.7 Å². The third-order valence-corrected chi connectivity index (χ3v) is 5.64. The zero-order valence-electron chi connectivity index (χ0n) is 21.0. The number of aromatic nitrogens is 1. The molecule has 38 heavy (non-hydrogen) atoms. The van der Waals surface area contributed by atoms with Crippen molar-refractivity contribution in [1.29, 1.82) is 0 Å². The fourth-order valence-corrected chi connectivity index (χ4v) is 3.29. The van der Waals surface area contributed by atoms with Gasteiger partial charge in [0.05, 0.1) is 24.9 Å². The Labute approximate surface area is 216 Å². The predicted molar refractivity (Wildman–Crippen MR) is 131 cm³/mol. The Hall–Kier alpha value is -3.71. The van der Waals surface area contributed by atoms with Crippen LogP contribution in [0, 0.1) is 11.3 Å². The highest BCUT2D eigenvalue weighted by molar-refractivity contribution is 5.93. The normalized spacial score (nSPS) is 12.7. The molecule has 0 radical (unpaired) electrons. The second-order valence-electron chi connectivity index (χ2n) is 9.37. The number of halogens is 3. The van der Waals surface area contributed by atoms with Crippen LogP contribution in [-0.4, -0.2) is 64.6 Å². The number of nitrogens with zero attached hydrogens (tertiary/aromatic N) is 1. The van der Waals surface area contributed by atoms with Gasteiger partial charge in [0.1, 0.15) is 18.8 Å². The molecule has 0 saturated heterocycles. The van der Waals surface area contributed by atoms with Crippen molar-refractivity contribution in [3.63, 3.8) is 0 Å². The summed E-state index contributed by atoms with van der Waals surface area (Å²) in [6.07, 6.45) is -6.24. The van der Waals surface area contributed by atoms with Gasteiger partial charge in [0, 0.05) is 5.41 Å². The second kappa shape index (κ2) is 12.7. The number of pyridine rings is 1. The van der Waals surface area contributed by atoms with Crippen LogP contribution in [0.3, 0.4) is 0 Å². The fraction of sp³-hybridized carbons (Fsp3) is 0.440. The van der Waals surface area contributed by atoms with E-state index in [0.717, 1.165) is 4.57 Å². The summed E-state index contributed by atoms with van der Waals surface area (Å²) in [5.41, 5.74) is -1.56. The van der Waals surface area contributed by atoms with E-state index in [1.165, 1.54) is 32.9 Å². The lowest BCUT2D eigenvalue weighted by Crippen LogP contribution is -2.50. The van der Waals surface area contributed by atoms with Crippen LogP contribution in [-0.2, 0) is 20.9 Å². The quantitative estimate of drug-likeness (QED) is 0.341. The van der Waals surface area contributed by atoms with Gasteiger partial charge in [-0.3, -0.25) is 24.3 Å². The van der Waals surface area contributed by atoms with Crippen molar-refractivity contribution < 1.29 is 42.5 Å². The van der Waals surface area contributed by atoms with Crippen molar-refractivity contribution in [2.45, 2.75) is 39.5 Å². The van der Waals surface area contributed by atoms with Crippen LogP contribution in [0.2, 0.25) is 0 Å². The molecule has 13 heteroatoms. The van der Waals surface area contributed by atoms with Crippen LogP contribution in [0.25, 0.3) is 11.3 Å². The molecule has 208 valence electrons. The van der Waals surface area contributed by atoms with E-state index in [1.54, 1.807) is 30.3 Å². The van der Waals surface area contributed by atoms with Crippen molar-refractivity contribution in [2.24, 2.45) is 11.3 Å². The number of ketones is 1. The Bertz CT molecular complexity index is 1190. The maximum Gasteiger partial charge on any atom is 0.452 e. The number of aliphatic hydroxyl groups excluding tert-OH is 2. The van der Waals surface area contributed by atoms with Gasteiger partial charge in [0.2, 0.25) is 5.91 Å². The number of aliphatic hydroxyl groups is 2. The number of carbonyl (C=O) groups is 3. The molecule has 0 aliphatic rings. The number of ether oxygens (including phenoxy) is 1. The van der Waals surface area contributed by atoms with E-state index >= 15 is 0 Å². The Morgan fingerprint density at radius 3 is 2.16 bits per heavy atom. The van der Waals surface area contributed by atoms with Crippen molar-refractivity contribution in [1.82, 2.24) is 9.88 Å². The first kappa shape index (κ1) is 30.5. The molecule has 1 unspecified atom stereocenters. The maximum absolute atomic E-state index is 13.2. The average molecular weight is 542 g/mol. The standard InChI is InChI=1S/C25H30F3N3O7/c1-15(2)20(21(35)25(26,27)28)30-19(34)11-31-18(16-7-5-4-6-8-16)10-9-17(22(31)36)29-23(37)38-14-24(3,12-32)13-33/h4-10,15,20,32-33H,11-14H2,1-3H3,(H,29,37)(H,30,34). The number of amides is 2. The number of alkyl halides is 3. The van der Waals surface area contributed by atoms with E-state index in [-0.39, 0.29) is 18.0 Å². The lowest BCUT2D eigenvalue weighted by molar-refractivity contribution is -0.174. The zero-order chi connectivity index (χ0) is 28.7. The lowest BCUT2D eigenvalue weighted by atomic mass is 9.95. The van der Waals surface area contributed by atoms with Gasteiger partial charge in [0.15, 0.2) is 0 Å². The van der Waals surface area contributed by atoms with Crippen molar-refractivity contribution in [3.8, 4) is 11.3 Å². The molecule has 0 saturated carbocycles. The molecule has 0 aliphatic heterocycles. The Morgan fingerprint density at radius 1 is 1.03 bits per heavy atom. The SMILES string of the molecule is CC(C)C(NC(=O)Cn1c(-c2ccccc2)ccc(NC(=O)OCC(C)(CO)CO)c1=O)C(=O)C(F)(F)F. The molecule has 1 aromatic heterocycles. The summed E-state index contributed by atoms with van der Waals surface area (Å²) in [6.45, 7) is 2.07. The van der Waals surface area contributed by atoms with Gasteiger partial charge in [-0.2, -0.15) is 13.2 Å². The van der Waals surface area contributed by atoms with Gasteiger partial charge in [-0.1, -0.05) is 51.1 Å². The summed E-state index contributed by atoms with van der Waals surface area (Å²) >= 11 is 0. The van der Waals surface area contributed by atoms with Gasteiger partial charge >= 0.3 is 12.3 Å². The number of anilines is 1. The molecule has 1 heterocycles. The Balaban J connectivity index is 2.37. The number of rotatable bonds is 11. The van der Waals surface area contributed by atoms with Gasteiger partial charge in [0.25, 0.3) is 11.3 Å². The predicted octanol–water partition coefficient (Wildman–Crippen LogP) is 2.33. The summed E-state index contributed by atoms with van der Waals surface area (Å²) in [7, 11) is 0. The maximum atomic E-state index is 13.2. The first-order valence-electron chi connectivity index (χ1n) is 11.6. The number of nitrogens with one attached hydrogen (secondary N) is 2. The summed E-state index contributed by atoms with van der Waals surface area (Å²) in [5, 5.41) is 22.9. The molecule has 2 rings (SSSR count). The van der Waals surface area contributed by atoms with Gasteiger partial charge in [-0.05, 0) is 23.6 Å². The van der Waals surface area contributed by atoms with Crippen LogP contribution in [0.1, 0.15) is 20.8 Å². The number of benzene rings is 1. The number of hydrogen-bond donors (Lipinski definition) is 4. The molecule has 4 N–H and O–H groups in total. The summed E-state index contributed by atoms with van der Waals surface area (Å²) in [5.74, 6) is -4.03. The van der Waals surface area contributed by atoms with E-state index < -0.39 is 66.7 Å². The topological polar surface area (TPSA) is 147 Å². The molecular weight excluding hydrogens is 511 g/mol. The van der Waals surface area contributed by atoms with Crippen LogP contribution in [0.15, 0.2) is 47.3 Å². The van der Waals surface area contributed by atoms with Crippen molar-refractivity contribution >= 4 is 23.5 Å². The van der Waals surface area contributed by atoms with E-state index in [4.69, 9.17) is 4.74 Å². The third-order valence-electron chi connectivity index (χ3n) is 5.64. The second-order valence-corrected chi connectivity index (χ2v) is 9.37. The van der Waals surface area contributed by atoms with Crippen LogP contribution in [0.5, 0.6) is 0 Å². The molecule has 10 nitrogen and oxygen atoms in total. The number of Topliss-reactive ketones (excluding diaryl/α,β-unsaturated/α-hetero) is 1. The molecule has 0 bridgehead atoms. The van der Waals surface area contributed by atoms with Crippen molar-refractivity contribution in [2.75, 3.05) is 25.1 Å². The first-order valence-corrected chi connectivity index (χ1v) is 11.6. The van der Waals surface area contributed by atoms with E-state index in [1.807, 2.05) is 0 Å². The average Bonchev–Trinajstić information content (AvgIpc) is 2.87. The van der Waals surface area contributed by atoms with Gasteiger partial charge < -0.3 is 20.3 Å². The lowest BCUT2D eigenvalue weighted by Gasteiger charge is -2.24. The fourth-order valence-electron chi connectivity index (χ4n) is 3.29. The third kappa shape index (κ3) is 7.89. The Kier molecular flexibility index (Phi) is 10.2. The molecule has 2 amide bonds. The minimum absolute atomic E-state index is 0.223. The number of carbonyl (C=O) groups excluding carboxylic acids is 3. The monoisotopic (exact) mass is 541 g/mol. The minimum atomic E-state index is -5.17. The highest BCUT2D eigenvalue weighted by Gasteiger charge is 2.45. The summed E-state index contributed by atoms with van der Waals surface area (Å²) < 4.78 is 44.9. The van der Waals surface area contributed by atoms with Crippen LogP contribution < -0.4 is 16.2 Å². The van der Waals surface area contributed by atoms with Gasteiger partial charge in [-0.25, -0.2) is 4.79 Å². The zero-order valence-corrected chi connectivity index (χ0v) is 21.0. The Morgan fingerprint density at radius 2 is 1.63 bits per heavy atom. The molecule has 0 fully saturated rings. The highest BCUT2D eigenvalue weighted by Crippen LogP contribution is 2.22. The minimum Gasteiger partial charge on any atom is -0.449 e. The molecule has 0 aliphatic carbocycles. The van der Waals surface area contributed by atoms with E-state index in [0.29, 0.717) is 5.56 Å². The smallest absolute Gasteiger partial charge is 0.449 e. The largest absolute Gasteiger partial charge is 0.452 e. The molecule has 0 spiro atoms. The first-order chi connectivity index (χ1) is 17.7. The highest BCUT2D eigenvalue weighted by atomic mass is 19.4. The molecular formula is C25H30F3N3O7. The molecule has 2 aromatic rings. The van der Waals surface area contributed by atoms with Crippen molar-refractivity contribution in [3.05, 3.63) is 52.8 Å². The number of hydrogen-bond acceptors (Lipinski definition) is 7. The summed E-state index contributed by atoms with van der Waals surface area (Å²) in [6, 6.07) is 9.16. The molecule has 1 aromatic carbocycles. The summed E-state index contributed by atoms with van der Waals surface area (Å²) in [4.78, 5) is 50.1. The van der Waals surface area contributed by atoms with Gasteiger partial charge in [-0.15, -0.1) is 0 Å². The van der Waals surface area contributed by atoms with E-state index in [9.17, 15) is 42.6 Å². The van der Waals surface area contributed by atoms with E-state index in [2.05, 4.69) is 10.6 Å². The molecule has 1 atom stereocenters.